The number of nitrogens with zero attached hydrogens (tertiary/aromatic N) is 2. The number of hydrogen-bond donors (Lipinski definition) is 1. The fourth-order valence-corrected chi connectivity index (χ4v) is 2.24. The smallest absolute Gasteiger partial charge is 0.0798 e. The number of aryl methyl sites for hydroxylation is 2. The molecule has 2 rings (SSSR count). The van der Waals surface area contributed by atoms with Crippen LogP contribution in [0.1, 0.15) is 21.8 Å². The van der Waals surface area contributed by atoms with Crippen molar-refractivity contribution in [1.29, 1.82) is 0 Å². The van der Waals surface area contributed by atoms with Gasteiger partial charge in [-0.15, -0.1) is 11.3 Å². The number of hydrogen-bond acceptors (Lipinski definition) is 4. The molecule has 0 radical (unpaired) electrons. The molecule has 0 bridgehead atoms. The summed E-state index contributed by atoms with van der Waals surface area (Å²) in [5.41, 5.74) is 5.36. The summed E-state index contributed by atoms with van der Waals surface area (Å²) in [6, 6.07) is 4.05. The SMILES string of the molecule is Cc1cccnc1CNCc1scnc1C. The molecule has 0 aliphatic heterocycles. The Morgan fingerprint density at radius 2 is 2.12 bits per heavy atom. The van der Waals surface area contributed by atoms with Crippen LogP contribution in [0.4, 0.5) is 0 Å². The predicted octanol–water partition coefficient (Wildman–Crippen LogP) is 2.44. The molecule has 0 aliphatic carbocycles. The van der Waals surface area contributed by atoms with Crippen molar-refractivity contribution in [3.8, 4) is 0 Å². The Kier molecular flexibility index (Phi) is 3.64. The number of pyridine rings is 1. The largest absolute Gasteiger partial charge is 0.306 e. The summed E-state index contributed by atoms with van der Waals surface area (Å²) < 4.78 is 0. The van der Waals surface area contributed by atoms with Crippen molar-refractivity contribution in [3.63, 3.8) is 0 Å². The standard InChI is InChI=1S/C12H15N3S/c1-9-4-3-5-14-11(9)6-13-7-12-10(2)15-8-16-12/h3-5,8,13H,6-7H2,1-2H3. The van der Waals surface area contributed by atoms with Crippen LogP contribution in [0.3, 0.4) is 0 Å². The molecule has 2 aromatic rings. The topological polar surface area (TPSA) is 37.8 Å². The average molecular weight is 233 g/mol. The van der Waals surface area contributed by atoms with Crippen molar-refractivity contribution >= 4 is 11.3 Å². The van der Waals surface area contributed by atoms with Crippen LogP contribution in [0.15, 0.2) is 23.8 Å². The summed E-state index contributed by atoms with van der Waals surface area (Å²) >= 11 is 1.69. The van der Waals surface area contributed by atoms with E-state index in [0.29, 0.717) is 0 Å². The Morgan fingerprint density at radius 1 is 1.25 bits per heavy atom. The van der Waals surface area contributed by atoms with Gasteiger partial charge in [0.2, 0.25) is 0 Å². The maximum Gasteiger partial charge on any atom is 0.0798 e. The first-order valence-electron chi connectivity index (χ1n) is 5.27. The van der Waals surface area contributed by atoms with Crippen molar-refractivity contribution in [2.24, 2.45) is 0 Å². The lowest BCUT2D eigenvalue weighted by Crippen LogP contribution is -2.14. The number of thiazole rings is 1. The van der Waals surface area contributed by atoms with E-state index in [4.69, 9.17) is 0 Å². The Morgan fingerprint density at radius 3 is 2.81 bits per heavy atom. The zero-order valence-electron chi connectivity index (χ0n) is 9.53. The molecule has 3 nitrogen and oxygen atoms in total. The van der Waals surface area contributed by atoms with Crippen LogP contribution < -0.4 is 5.32 Å². The lowest BCUT2D eigenvalue weighted by Gasteiger charge is -2.05. The predicted molar refractivity (Wildman–Crippen MR) is 66.4 cm³/mol. The quantitative estimate of drug-likeness (QED) is 0.881. The van der Waals surface area contributed by atoms with Crippen molar-refractivity contribution in [3.05, 3.63) is 45.7 Å². The van der Waals surface area contributed by atoms with Gasteiger partial charge in [0.15, 0.2) is 0 Å². The molecule has 4 heteroatoms. The third-order valence-corrected chi connectivity index (χ3v) is 3.48. The number of rotatable bonds is 4. The molecular formula is C12H15N3S. The van der Waals surface area contributed by atoms with E-state index < -0.39 is 0 Å². The van der Waals surface area contributed by atoms with E-state index >= 15 is 0 Å². The third kappa shape index (κ3) is 2.65. The highest BCUT2D eigenvalue weighted by Gasteiger charge is 2.02. The van der Waals surface area contributed by atoms with Gasteiger partial charge >= 0.3 is 0 Å². The van der Waals surface area contributed by atoms with Crippen molar-refractivity contribution in [2.75, 3.05) is 0 Å². The third-order valence-electron chi connectivity index (χ3n) is 2.54. The van der Waals surface area contributed by atoms with Crippen molar-refractivity contribution in [2.45, 2.75) is 26.9 Å². The lowest BCUT2D eigenvalue weighted by molar-refractivity contribution is 0.679. The minimum atomic E-state index is 0.810. The molecule has 0 saturated heterocycles. The minimum Gasteiger partial charge on any atom is -0.306 e. The monoisotopic (exact) mass is 233 g/mol. The zero-order valence-corrected chi connectivity index (χ0v) is 10.3. The van der Waals surface area contributed by atoms with Gasteiger partial charge in [0.1, 0.15) is 0 Å². The van der Waals surface area contributed by atoms with Gasteiger partial charge < -0.3 is 5.32 Å². The maximum absolute atomic E-state index is 4.34. The Balaban J connectivity index is 1.89. The first-order valence-corrected chi connectivity index (χ1v) is 6.15. The second-order valence-electron chi connectivity index (χ2n) is 3.73. The molecule has 84 valence electrons. The van der Waals surface area contributed by atoms with Crippen LogP contribution in [0.25, 0.3) is 0 Å². The van der Waals surface area contributed by atoms with E-state index in [1.807, 2.05) is 24.7 Å². The Bertz CT molecular complexity index is 465. The summed E-state index contributed by atoms with van der Waals surface area (Å²) in [6.07, 6.45) is 1.84. The molecule has 0 fully saturated rings. The minimum absolute atomic E-state index is 0.810. The zero-order chi connectivity index (χ0) is 11.4. The first kappa shape index (κ1) is 11.2. The van der Waals surface area contributed by atoms with E-state index in [1.165, 1.54) is 10.4 Å². The second kappa shape index (κ2) is 5.18. The van der Waals surface area contributed by atoms with Gasteiger partial charge in [-0.05, 0) is 25.5 Å². The molecule has 2 heterocycles. The highest BCUT2D eigenvalue weighted by atomic mass is 32.1. The van der Waals surface area contributed by atoms with Gasteiger partial charge in [0.05, 0.1) is 16.9 Å². The van der Waals surface area contributed by atoms with Crippen LogP contribution in [0.5, 0.6) is 0 Å². The van der Waals surface area contributed by atoms with Crippen LogP contribution in [-0.2, 0) is 13.1 Å². The molecule has 1 N–H and O–H groups in total. The summed E-state index contributed by atoms with van der Waals surface area (Å²) in [7, 11) is 0. The molecule has 0 unspecified atom stereocenters. The van der Waals surface area contributed by atoms with Crippen molar-refractivity contribution in [1.82, 2.24) is 15.3 Å². The molecule has 0 saturated carbocycles. The fraction of sp³-hybridized carbons (Fsp3) is 0.333. The highest BCUT2D eigenvalue weighted by Crippen LogP contribution is 2.11. The van der Waals surface area contributed by atoms with Crippen LogP contribution in [0, 0.1) is 13.8 Å². The van der Waals surface area contributed by atoms with Gasteiger partial charge in [0.25, 0.3) is 0 Å². The van der Waals surface area contributed by atoms with Gasteiger partial charge in [-0.25, -0.2) is 4.98 Å². The Hall–Kier alpha value is -1.26. The van der Waals surface area contributed by atoms with Gasteiger partial charge in [0, 0.05) is 24.2 Å². The fourth-order valence-electron chi connectivity index (χ4n) is 1.49. The van der Waals surface area contributed by atoms with Crippen LogP contribution in [-0.4, -0.2) is 9.97 Å². The Labute approximate surface area is 99.6 Å². The summed E-state index contributed by atoms with van der Waals surface area (Å²) in [4.78, 5) is 9.87. The summed E-state index contributed by atoms with van der Waals surface area (Å²) in [6.45, 7) is 5.80. The van der Waals surface area contributed by atoms with E-state index in [9.17, 15) is 0 Å². The molecule has 0 aliphatic rings. The normalized spacial score (nSPS) is 10.6. The average Bonchev–Trinajstić information content (AvgIpc) is 2.67. The molecule has 0 aromatic carbocycles. The molecule has 0 spiro atoms. The first-order chi connectivity index (χ1) is 7.77. The van der Waals surface area contributed by atoms with E-state index in [-0.39, 0.29) is 0 Å². The van der Waals surface area contributed by atoms with Crippen LogP contribution in [0.2, 0.25) is 0 Å². The van der Waals surface area contributed by atoms with Gasteiger partial charge in [-0.1, -0.05) is 6.07 Å². The number of nitrogens with one attached hydrogen (secondary N) is 1. The molecule has 16 heavy (non-hydrogen) atoms. The van der Waals surface area contributed by atoms with E-state index in [1.54, 1.807) is 11.3 Å². The molecule has 0 atom stereocenters. The molecular weight excluding hydrogens is 218 g/mol. The summed E-state index contributed by atoms with van der Waals surface area (Å²) in [5, 5.41) is 3.39. The molecule has 0 amide bonds. The summed E-state index contributed by atoms with van der Waals surface area (Å²) in [5.74, 6) is 0. The molecule has 2 aromatic heterocycles. The van der Waals surface area contributed by atoms with Crippen molar-refractivity contribution < 1.29 is 0 Å². The maximum atomic E-state index is 4.34. The van der Waals surface area contributed by atoms with E-state index in [2.05, 4.69) is 28.3 Å². The van der Waals surface area contributed by atoms with Gasteiger partial charge in [-0.2, -0.15) is 0 Å². The highest BCUT2D eigenvalue weighted by molar-refractivity contribution is 7.09. The van der Waals surface area contributed by atoms with E-state index in [0.717, 1.165) is 24.5 Å². The lowest BCUT2D eigenvalue weighted by atomic mass is 10.2. The second-order valence-corrected chi connectivity index (χ2v) is 4.67. The van der Waals surface area contributed by atoms with Gasteiger partial charge in [-0.3, -0.25) is 4.98 Å². The van der Waals surface area contributed by atoms with Crippen LogP contribution >= 0.6 is 11.3 Å². The number of aromatic nitrogens is 2.